The first-order valence-electron chi connectivity index (χ1n) is 7.57. The molecule has 24 heavy (non-hydrogen) atoms. The first-order valence-corrected chi connectivity index (χ1v) is 9.46. The molecule has 0 unspecified atom stereocenters. The smallest absolute Gasteiger partial charge is 0.269 e. The zero-order chi connectivity index (χ0) is 17.7. The Hall–Kier alpha value is -2.35. The lowest BCUT2D eigenvalue weighted by molar-refractivity contribution is 0.0936. The van der Waals surface area contributed by atoms with Crippen LogP contribution in [0.1, 0.15) is 23.1 Å². The van der Waals surface area contributed by atoms with Crippen molar-refractivity contribution in [3.05, 3.63) is 41.7 Å². The number of ether oxygens (including phenoxy) is 1. The molecule has 7 nitrogen and oxygen atoms in total. The van der Waals surface area contributed by atoms with Crippen LogP contribution in [0.15, 0.2) is 35.2 Å². The second kappa shape index (κ2) is 7.48. The minimum atomic E-state index is -3.21. The average Bonchev–Trinajstić information content (AvgIpc) is 2.92. The van der Waals surface area contributed by atoms with Gasteiger partial charge in [-0.3, -0.25) is 9.48 Å². The van der Waals surface area contributed by atoms with Crippen molar-refractivity contribution in [2.75, 3.05) is 19.4 Å². The van der Waals surface area contributed by atoms with Crippen molar-refractivity contribution in [1.29, 1.82) is 0 Å². The number of hydrogen-bond donors (Lipinski definition) is 1. The van der Waals surface area contributed by atoms with E-state index in [1.165, 1.54) is 12.1 Å². The van der Waals surface area contributed by atoms with E-state index in [1.807, 2.05) is 13.8 Å². The Balaban J connectivity index is 1.83. The molecule has 0 aliphatic carbocycles. The van der Waals surface area contributed by atoms with Crippen LogP contribution >= 0.6 is 0 Å². The molecule has 2 rings (SSSR count). The number of aromatic nitrogens is 2. The number of carbonyl (C=O) groups is 1. The Morgan fingerprint density at radius 3 is 2.54 bits per heavy atom. The monoisotopic (exact) mass is 351 g/mol. The highest BCUT2D eigenvalue weighted by atomic mass is 32.2. The van der Waals surface area contributed by atoms with Gasteiger partial charge in [-0.05, 0) is 44.2 Å². The molecule has 0 bridgehead atoms. The highest BCUT2D eigenvalue weighted by Gasteiger charge is 2.12. The number of rotatable bonds is 7. The van der Waals surface area contributed by atoms with Gasteiger partial charge in [0.2, 0.25) is 0 Å². The van der Waals surface area contributed by atoms with Gasteiger partial charge in [0.25, 0.3) is 5.91 Å². The molecule has 0 radical (unpaired) electrons. The Labute approximate surface area is 141 Å². The molecule has 0 spiro atoms. The first kappa shape index (κ1) is 18.0. The van der Waals surface area contributed by atoms with Crippen LogP contribution in [-0.2, 0) is 16.4 Å². The van der Waals surface area contributed by atoms with Crippen molar-refractivity contribution in [1.82, 2.24) is 15.1 Å². The van der Waals surface area contributed by atoms with Crippen molar-refractivity contribution >= 4 is 15.7 Å². The van der Waals surface area contributed by atoms with Crippen LogP contribution in [0.3, 0.4) is 0 Å². The summed E-state index contributed by atoms with van der Waals surface area (Å²) in [5, 5.41) is 7.00. The number of benzene rings is 1. The van der Waals surface area contributed by atoms with Crippen LogP contribution in [0.4, 0.5) is 0 Å². The summed E-state index contributed by atoms with van der Waals surface area (Å²) < 4.78 is 29.9. The topological polar surface area (TPSA) is 90.3 Å². The second-order valence-corrected chi connectivity index (χ2v) is 7.35. The van der Waals surface area contributed by atoms with E-state index >= 15 is 0 Å². The van der Waals surface area contributed by atoms with Gasteiger partial charge in [0.15, 0.2) is 9.84 Å². The molecule has 2 aromatic rings. The van der Waals surface area contributed by atoms with Gasteiger partial charge in [-0.25, -0.2) is 8.42 Å². The molecule has 1 N–H and O–H groups in total. The Morgan fingerprint density at radius 1 is 1.29 bits per heavy atom. The van der Waals surface area contributed by atoms with Crippen LogP contribution in [0, 0.1) is 6.92 Å². The van der Waals surface area contributed by atoms with Crippen molar-refractivity contribution in [3.63, 3.8) is 0 Å². The van der Waals surface area contributed by atoms with Gasteiger partial charge in [0.1, 0.15) is 18.1 Å². The molecule has 1 aromatic carbocycles. The van der Waals surface area contributed by atoms with Crippen LogP contribution < -0.4 is 10.1 Å². The van der Waals surface area contributed by atoms with E-state index in [1.54, 1.807) is 22.9 Å². The number of sulfone groups is 1. The van der Waals surface area contributed by atoms with Gasteiger partial charge in [-0.15, -0.1) is 0 Å². The SMILES string of the molecule is CCn1nc(C)cc1C(=O)NCCOc1ccc(S(C)(=O)=O)cc1. The van der Waals surface area contributed by atoms with Crippen LogP contribution in [0.5, 0.6) is 5.75 Å². The summed E-state index contributed by atoms with van der Waals surface area (Å²) in [4.78, 5) is 12.4. The molecule has 0 aliphatic rings. The van der Waals surface area contributed by atoms with Gasteiger partial charge < -0.3 is 10.1 Å². The zero-order valence-corrected chi connectivity index (χ0v) is 14.8. The van der Waals surface area contributed by atoms with Crippen LogP contribution in [-0.4, -0.2) is 43.5 Å². The van der Waals surface area contributed by atoms with Gasteiger partial charge in [-0.2, -0.15) is 5.10 Å². The highest BCUT2D eigenvalue weighted by molar-refractivity contribution is 7.90. The largest absolute Gasteiger partial charge is 0.492 e. The molecular weight excluding hydrogens is 330 g/mol. The molecule has 0 saturated heterocycles. The molecule has 8 heteroatoms. The van der Waals surface area contributed by atoms with E-state index < -0.39 is 9.84 Å². The highest BCUT2D eigenvalue weighted by Crippen LogP contribution is 2.15. The Morgan fingerprint density at radius 2 is 1.96 bits per heavy atom. The summed E-state index contributed by atoms with van der Waals surface area (Å²) >= 11 is 0. The van der Waals surface area contributed by atoms with E-state index in [0.29, 0.717) is 24.5 Å². The zero-order valence-electron chi connectivity index (χ0n) is 13.9. The molecule has 0 fully saturated rings. The molecular formula is C16H21N3O4S. The fraction of sp³-hybridized carbons (Fsp3) is 0.375. The lowest BCUT2D eigenvalue weighted by atomic mass is 10.3. The standard InChI is InChI=1S/C16H21N3O4S/c1-4-19-15(11-12(2)18-19)16(20)17-9-10-23-13-5-7-14(8-6-13)24(3,21)22/h5-8,11H,4,9-10H2,1-3H3,(H,17,20). The molecule has 0 saturated carbocycles. The lowest BCUT2D eigenvalue weighted by Gasteiger charge is -2.09. The summed E-state index contributed by atoms with van der Waals surface area (Å²) in [7, 11) is -3.21. The number of carbonyl (C=O) groups excluding carboxylic acids is 1. The Kier molecular flexibility index (Phi) is 5.61. The van der Waals surface area contributed by atoms with Crippen LogP contribution in [0.2, 0.25) is 0 Å². The third-order valence-electron chi connectivity index (χ3n) is 3.34. The van der Waals surface area contributed by atoms with Gasteiger partial charge >= 0.3 is 0 Å². The maximum atomic E-state index is 12.1. The summed E-state index contributed by atoms with van der Waals surface area (Å²) in [5.41, 5.74) is 1.32. The van der Waals surface area contributed by atoms with E-state index in [-0.39, 0.29) is 17.4 Å². The quantitative estimate of drug-likeness (QED) is 0.762. The minimum absolute atomic E-state index is 0.200. The first-order chi connectivity index (χ1) is 11.3. The van der Waals surface area contributed by atoms with Crippen molar-refractivity contribution in [2.24, 2.45) is 0 Å². The third kappa shape index (κ3) is 4.58. The number of nitrogens with one attached hydrogen (secondary N) is 1. The molecule has 1 aromatic heterocycles. The molecule has 1 amide bonds. The molecule has 130 valence electrons. The lowest BCUT2D eigenvalue weighted by Crippen LogP contribution is -2.30. The predicted octanol–water partition coefficient (Wildman–Crippen LogP) is 1.42. The van der Waals surface area contributed by atoms with E-state index in [4.69, 9.17) is 4.74 Å². The fourth-order valence-electron chi connectivity index (χ4n) is 2.18. The number of aryl methyl sites for hydroxylation is 2. The summed E-state index contributed by atoms with van der Waals surface area (Å²) in [6, 6.07) is 7.91. The molecule has 0 atom stereocenters. The average molecular weight is 351 g/mol. The summed E-state index contributed by atoms with van der Waals surface area (Å²) in [5.74, 6) is 0.347. The Bertz CT molecular complexity index is 810. The number of nitrogens with zero attached hydrogens (tertiary/aromatic N) is 2. The number of hydrogen-bond acceptors (Lipinski definition) is 5. The van der Waals surface area contributed by atoms with Crippen LogP contribution in [0.25, 0.3) is 0 Å². The van der Waals surface area contributed by atoms with Crippen molar-refractivity contribution < 1.29 is 17.9 Å². The van der Waals surface area contributed by atoms with Crippen molar-refractivity contribution in [3.8, 4) is 5.75 Å². The normalized spacial score (nSPS) is 11.3. The molecule has 1 heterocycles. The van der Waals surface area contributed by atoms with E-state index in [9.17, 15) is 13.2 Å². The van der Waals surface area contributed by atoms with Gasteiger partial charge in [0, 0.05) is 12.8 Å². The van der Waals surface area contributed by atoms with Gasteiger partial charge in [-0.1, -0.05) is 0 Å². The number of amides is 1. The van der Waals surface area contributed by atoms with E-state index in [2.05, 4.69) is 10.4 Å². The summed E-state index contributed by atoms with van der Waals surface area (Å²) in [6.07, 6.45) is 1.15. The minimum Gasteiger partial charge on any atom is -0.492 e. The van der Waals surface area contributed by atoms with E-state index in [0.717, 1.165) is 11.9 Å². The van der Waals surface area contributed by atoms with Crippen molar-refractivity contribution in [2.45, 2.75) is 25.3 Å². The van der Waals surface area contributed by atoms with Gasteiger partial charge in [0.05, 0.1) is 17.1 Å². The predicted molar refractivity (Wildman–Crippen MR) is 90.0 cm³/mol. The third-order valence-corrected chi connectivity index (χ3v) is 4.47. The molecule has 0 aliphatic heterocycles. The maximum absolute atomic E-state index is 12.1. The fourth-order valence-corrected chi connectivity index (χ4v) is 2.81. The maximum Gasteiger partial charge on any atom is 0.269 e. The second-order valence-electron chi connectivity index (χ2n) is 5.33. The summed E-state index contributed by atoms with van der Waals surface area (Å²) in [6.45, 7) is 5.00.